The molecule has 2 unspecified atom stereocenters. The van der Waals surface area contributed by atoms with Crippen LogP contribution in [0.25, 0.3) is 0 Å². The lowest BCUT2D eigenvalue weighted by molar-refractivity contribution is 0.0873. The van der Waals surface area contributed by atoms with E-state index < -0.39 is 5.67 Å². The summed E-state index contributed by atoms with van der Waals surface area (Å²) in [6.07, 6.45) is 3.31. The molecule has 0 aromatic heterocycles. The lowest BCUT2D eigenvalue weighted by Crippen LogP contribution is -2.44. The quantitative estimate of drug-likeness (QED) is 0.763. The van der Waals surface area contributed by atoms with Crippen LogP contribution in [0, 0.1) is 0 Å². The molecule has 2 nitrogen and oxygen atoms in total. The van der Waals surface area contributed by atoms with E-state index in [1.54, 1.807) is 24.3 Å². The molecule has 2 aliphatic heterocycles. The molecule has 0 spiro atoms. The normalized spacial score (nSPS) is 37.6. The number of hydrogen-bond acceptors (Lipinski definition) is 2. The molecule has 1 aromatic carbocycles. The van der Waals surface area contributed by atoms with Gasteiger partial charge in [-0.15, -0.1) is 0 Å². The molecule has 16 heavy (non-hydrogen) atoms. The predicted octanol–water partition coefficient (Wildman–Crippen LogP) is 2.47. The third kappa shape index (κ3) is 1.59. The zero-order valence-corrected chi connectivity index (χ0v) is 9.12. The molecule has 0 aliphatic carbocycles. The molecule has 3 rings (SSSR count). The number of phenolic OH excluding ortho intramolecular Hbond substituents is 1. The van der Waals surface area contributed by atoms with Crippen molar-refractivity contribution in [1.82, 2.24) is 5.32 Å². The molecule has 1 aromatic rings. The fraction of sp³-hybridized carbons (Fsp3) is 0.538. The van der Waals surface area contributed by atoms with E-state index in [0.29, 0.717) is 30.5 Å². The summed E-state index contributed by atoms with van der Waals surface area (Å²) in [5, 5.41) is 12.7. The smallest absolute Gasteiger partial charge is 0.139 e. The molecule has 2 aliphatic rings. The highest BCUT2D eigenvalue weighted by atomic mass is 19.1. The monoisotopic (exact) mass is 221 g/mol. The molecular weight excluding hydrogens is 205 g/mol. The van der Waals surface area contributed by atoms with E-state index in [4.69, 9.17) is 0 Å². The molecule has 0 saturated carbocycles. The zero-order chi connectivity index (χ0) is 11.2. The predicted molar refractivity (Wildman–Crippen MR) is 60.1 cm³/mol. The standard InChI is InChI=1S/C13H16FNO/c14-13(9-1-5-12(16)6-2-9)7-10-3-4-11(8-13)15-10/h1-2,5-6,10-11,15-16H,3-4,7-8H2. The second-order valence-corrected chi connectivity index (χ2v) is 5.06. The largest absolute Gasteiger partial charge is 0.508 e. The van der Waals surface area contributed by atoms with Crippen molar-refractivity contribution in [3.63, 3.8) is 0 Å². The summed E-state index contributed by atoms with van der Waals surface area (Å²) in [4.78, 5) is 0. The molecule has 86 valence electrons. The van der Waals surface area contributed by atoms with Crippen molar-refractivity contribution in [1.29, 1.82) is 0 Å². The summed E-state index contributed by atoms with van der Waals surface area (Å²) >= 11 is 0. The molecule has 2 heterocycles. The van der Waals surface area contributed by atoms with Crippen molar-refractivity contribution < 1.29 is 9.50 Å². The second-order valence-electron chi connectivity index (χ2n) is 5.06. The summed E-state index contributed by atoms with van der Waals surface area (Å²) in [7, 11) is 0. The van der Waals surface area contributed by atoms with Crippen molar-refractivity contribution in [2.24, 2.45) is 0 Å². The SMILES string of the molecule is Oc1ccc(C2(F)CC3CCC(C2)N3)cc1. The van der Waals surface area contributed by atoms with Gasteiger partial charge < -0.3 is 10.4 Å². The maximum absolute atomic E-state index is 14.9. The van der Waals surface area contributed by atoms with Crippen molar-refractivity contribution in [2.75, 3.05) is 0 Å². The van der Waals surface area contributed by atoms with Crippen LogP contribution >= 0.6 is 0 Å². The van der Waals surface area contributed by atoms with Crippen LogP contribution < -0.4 is 5.32 Å². The average molecular weight is 221 g/mol. The Hall–Kier alpha value is -1.09. The number of benzene rings is 1. The highest BCUT2D eigenvalue weighted by Crippen LogP contribution is 2.43. The van der Waals surface area contributed by atoms with Crippen LogP contribution in [0.3, 0.4) is 0 Å². The highest BCUT2D eigenvalue weighted by molar-refractivity contribution is 5.31. The van der Waals surface area contributed by atoms with Crippen molar-refractivity contribution >= 4 is 0 Å². The summed E-state index contributed by atoms with van der Waals surface area (Å²) in [5.41, 5.74) is -0.492. The Labute approximate surface area is 94.5 Å². The van der Waals surface area contributed by atoms with Gasteiger partial charge in [-0.2, -0.15) is 0 Å². The van der Waals surface area contributed by atoms with E-state index in [2.05, 4.69) is 5.32 Å². The molecule has 3 heteroatoms. The van der Waals surface area contributed by atoms with Gasteiger partial charge in [-0.3, -0.25) is 0 Å². The number of halogens is 1. The lowest BCUT2D eigenvalue weighted by atomic mass is 9.83. The Morgan fingerprint density at radius 2 is 1.69 bits per heavy atom. The van der Waals surface area contributed by atoms with Crippen LogP contribution in [-0.4, -0.2) is 17.2 Å². The molecule has 2 fully saturated rings. The van der Waals surface area contributed by atoms with Gasteiger partial charge in [0.25, 0.3) is 0 Å². The Kier molecular flexibility index (Phi) is 2.18. The van der Waals surface area contributed by atoms with E-state index >= 15 is 0 Å². The van der Waals surface area contributed by atoms with Crippen LogP contribution in [0.4, 0.5) is 4.39 Å². The second kappa shape index (κ2) is 3.45. The first-order chi connectivity index (χ1) is 7.66. The average Bonchev–Trinajstić information content (AvgIpc) is 2.59. The van der Waals surface area contributed by atoms with E-state index in [1.165, 1.54) is 0 Å². The third-order valence-corrected chi connectivity index (χ3v) is 3.86. The van der Waals surface area contributed by atoms with Gasteiger partial charge in [-0.1, -0.05) is 12.1 Å². The zero-order valence-electron chi connectivity index (χ0n) is 9.12. The number of hydrogen-bond donors (Lipinski definition) is 2. The van der Waals surface area contributed by atoms with Crippen LogP contribution in [0.2, 0.25) is 0 Å². The van der Waals surface area contributed by atoms with Gasteiger partial charge in [0, 0.05) is 24.9 Å². The third-order valence-electron chi connectivity index (χ3n) is 3.86. The topological polar surface area (TPSA) is 32.3 Å². The molecule has 0 amide bonds. The fourth-order valence-corrected chi connectivity index (χ4v) is 3.08. The molecule has 2 bridgehead atoms. The van der Waals surface area contributed by atoms with Gasteiger partial charge in [0.05, 0.1) is 0 Å². The Morgan fingerprint density at radius 1 is 1.12 bits per heavy atom. The van der Waals surface area contributed by atoms with Crippen molar-refractivity contribution in [2.45, 2.75) is 43.4 Å². The van der Waals surface area contributed by atoms with Crippen molar-refractivity contribution in [3.05, 3.63) is 29.8 Å². The number of rotatable bonds is 1. The number of piperidine rings is 1. The Balaban J connectivity index is 1.90. The summed E-state index contributed by atoms with van der Waals surface area (Å²) in [6, 6.07) is 7.22. The molecule has 2 saturated heterocycles. The number of phenols is 1. The van der Waals surface area contributed by atoms with Gasteiger partial charge in [0.1, 0.15) is 11.4 Å². The van der Waals surface area contributed by atoms with Crippen LogP contribution in [0.15, 0.2) is 24.3 Å². The first kappa shape index (κ1) is 10.1. The maximum Gasteiger partial charge on any atom is 0.139 e. The van der Waals surface area contributed by atoms with Crippen LogP contribution in [0.5, 0.6) is 5.75 Å². The number of aromatic hydroxyl groups is 1. The number of fused-ring (bicyclic) bond motifs is 2. The fourth-order valence-electron chi connectivity index (χ4n) is 3.08. The summed E-state index contributed by atoms with van der Waals surface area (Å²) < 4.78 is 14.9. The first-order valence-electron chi connectivity index (χ1n) is 5.90. The van der Waals surface area contributed by atoms with Gasteiger partial charge in [0.15, 0.2) is 0 Å². The highest BCUT2D eigenvalue weighted by Gasteiger charge is 2.44. The Morgan fingerprint density at radius 3 is 2.25 bits per heavy atom. The minimum absolute atomic E-state index is 0.198. The van der Waals surface area contributed by atoms with Gasteiger partial charge in [-0.05, 0) is 30.5 Å². The summed E-state index contributed by atoms with van der Waals surface area (Å²) in [6.45, 7) is 0. The number of nitrogens with one attached hydrogen (secondary N) is 1. The van der Waals surface area contributed by atoms with E-state index in [1.807, 2.05) is 0 Å². The minimum atomic E-state index is -1.20. The summed E-state index contributed by atoms with van der Waals surface area (Å²) in [5.74, 6) is 0.198. The first-order valence-corrected chi connectivity index (χ1v) is 5.90. The molecule has 2 atom stereocenters. The molecule has 0 radical (unpaired) electrons. The van der Waals surface area contributed by atoms with Crippen LogP contribution in [0.1, 0.15) is 31.2 Å². The van der Waals surface area contributed by atoms with Crippen molar-refractivity contribution in [3.8, 4) is 5.75 Å². The lowest BCUT2D eigenvalue weighted by Gasteiger charge is -2.35. The van der Waals surface area contributed by atoms with E-state index in [9.17, 15) is 9.50 Å². The minimum Gasteiger partial charge on any atom is -0.508 e. The van der Waals surface area contributed by atoms with Crippen LogP contribution in [-0.2, 0) is 5.67 Å². The van der Waals surface area contributed by atoms with E-state index in [-0.39, 0.29) is 5.75 Å². The van der Waals surface area contributed by atoms with E-state index in [0.717, 1.165) is 12.8 Å². The van der Waals surface area contributed by atoms with Gasteiger partial charge in [-0.25, -0.2) is 4.39 Å². The molecule has 2 N–H and O–H groups in total. The Bertz CT molecular complexity index is 377. The van der Waals surface area contributed by atoms with Gasteiger partial charge >= 0.3 is 0 Å². The molecular formula is C13H16FNO. The number of alkyl halides is 1. The maximum atomic E-state index is 14.9. The van der Waals surface area contributed by atoms with Gasteiger partial charge in [0.2, 0.25) is 0 Å².